The zero-order chi connectivity index (χ0) is 55.2. The molecule has 8 heteroatoms. The summed E-state index contributed by atoms with van der Waals surface area (Å²) in [5, 5.41) is 11.8. The van der Waals surface area contributed by atoms with Gasteiger partial charge in [-0.1, -0.05) is 194 Å². The summed E-state index contributed by atoms with van der Waals surface area (Å²) in [6.45, 7) is 0. The lowest BCUT2D eigenvalue weighted by Crippen LogP contribution is -1.97. The van der Waals surface area contributed by atoms with Crippen molar-refractivity contribution >= 4 is 119 Å². The van der Waals surface area contributed by atoms with Crippen LogP contribution in [0.5, 0.6) is 0 Å². The third kappa shape index (κ3) is 7.80. The van der Waals surface area contributed by atoms with Crippen molar-refractivity contribution in [2.24, 2.45) is 0 Å². The van der Waals surface area contributed by atoms with Crippen molar-refractivity contribution in [3.8, 4) is 56.7 Å². The van der Waals surface area contributed by atoms with Gasteiger partial charge < -0.3 is 13.6 Å². The van der Waals surface area contributed by atoms with Gasteiger partial charge in [-0.05, 0) is 84.9 Å². The van der Waals surface area contributed by atoms with E-state index in [4.69, 9.17) is 24.4 Å². The number of furan rings is 1. The highest BCUT2D eigenvalue weighted by Crippen LogP contribution is 2.43. The first-order valence-corrected chi connectivity index (χ1v) is 29.0. The fourth-order valence-corrected chi connectivity index (χ4v) is 13.7. The van der Waals surface area contributed by atoms with Crippen LogP contribution in [-0.2, 0) is 0 Å². The fraction of sp³-hybridized carbons (Fsp3) is 0. The number of fused-ring (bicyclic) bond motifs is 14. The molecule has 12 aromatic carbocycles. The second-order valence-electron chi connectivity index (χ2n) is 21.3. The Labute approximate surface area is 485 Å². The molecule has 0 aliphatic carbocycles. The highest BCUT2D eigenvalue weighted by Gasteiger charge is 2.20. The van der Waals surface area contributed by atoms with E-state index in [0.717, 1.165) is 111 Å². The van der Waals surface area contributed by atoms with E-state index in [1.165, 1.54) is 47.4 Å². The summed E-state index contributed by atoms with van der Waals surface area (Å²) in [4.78, 5) is 20.3. The first-order chi connectivity index (χ1) is 41.6. The maximum atomic E-state index is 6.26. The van der Waals surface area contributed by atoms with Crippen molar-refractivity contribution in [1.82, 2.24) is 29.1 Å². The van der Waals surface area contributed by atoms with Crippen LogP contribution < -0.4 is 0 Å². The number of rotatable bonds is 6. The smallest absolute Gasteiger partial charge is 0.160 e. The predicted octanol–water partition coefficient (Wildman–Crippen LogP) is 20.4. The van der Waals surface area contributed by atoms with Gasteiger partial charge in [-0.2, -0.15) is 0 Å². The minimum atomic E-state index is 0.707. The molecule has 392 valence electrons. The number of nitrogens with zero attached hydrogens (tertiary/aromatic N) is 6. The monoisotopic (exact) mass is 1090 g/mol. The molecule has 0 unspecified atom stereocenters. The van der Waals surface area contributed by atoms with E-state index in [1.807, 2.05) is 59.9 Å². The Balaban J connectivity index is 0.000000132. The molecule has 7 nitrogen and oxygen atoms in total. The lowest BCUT2D eigenvalue weighted by molar-refractivity contribution is 0.669. The van der Waals surface area contributed by atoms with E-state index in [1.54, 1.807) is 0 Å². The summed E-state index contributed by atoms with van der Waals surface area (Å²) in [7, 11) is 0. The number of hydrogen-bond donors (Lipinski definition) is 0. The lowest BCUT2D eigenvalue weighted by Gasteiger charge is -2.12. The zero-order valence-electron chi connectivity index (χ0n) is 45.1. The molecule has 0 N–H and O–H groups in total. The van der Waals surface area contributed by atoms with E-state index in [0.29, 0.717) is 5.82 Å². The summed E-state index contributed by atoms with van der Waals surface area (Å²) in [5.41, 5.74) is 16.5. The second-order valence-corrected chi connectivity index (χ2v) is 22.4. The summed E-state index contributed by atoms with van der Waals surface area (Å²) in [5.74, 6) is 1.43. The quantitative estimate of drug-likeness (QED) is 0.166. The van der Waals surface area contributed by atoms with Gasteiger partial charge in [-0.15, -0.1) is 11.3 Å². The van der Waals surface area contributed by atoms with Gasteiger partial charge in [0, 0.05) is 96.9 Å². The molecule has 6 aromatic heterocycles. The van der Waals surface area contributed by atoms with Crippen LogP contribution in [0.1, 0.15) is 0 Å². The molecule has 0 saturated heterocycles. The summed E-state index contributed by atoms with van der Waals surface area (Å²) in [6.07, 6.45) is 0. The van der Waals surface area contributed by atoms with Crippen LogP contribution in [0, 0.1) is 0 Å². The Kier molecular flexibility index (Phi) is 11.0. The van der Waals surface area contributed by atoms with Gasteiger partial charge in [0.1, 0.15) is 11.2 Å². The Morgan fingerprint density at radius 3 is 1.30 bits per heavy atom. The van der Waals surface area contributed by atoms with Crippen LogP contribution >= 0.6 is 11.3 Å². The molecule has 0 fully saturated rings. The highest BCUT2D eigenvalue weighted by molar-refractivity contribution is 7.25. The van der Waals surface area contributed by atoms with Crippen molar-refractivity contribution < 1.29 is 4.42 Å². The van der Waals surface area contributed by atoms with Crippen LogP contribution in [-0.4, -0.2) is 29.1 Å². The Bertz CT molecular complexity index is 5290. The minimum absolute atomic E-state index is 0.707. The SMILES string of the molecule is c1ccc(-c2nc(-c3cccc(-n4c5ccccc5c5cc6oc7ccccc7c6cc54)c3)nc3ccccc23)cc1.c1ccc(-c2nc(-c3cccc(-n4c5ccccc5c5cc6sc7ccccc7c6cc54)c3)nc3ccccc23)cc1. The van der Waals surface area contributed by atoms with E-state index < -0.39 is 0 Å². The molecule has 0 atom stereocenters. The summed E-state index contributed by atoms with van der Waals surface area (Å²) >= 11 is 1.86. The third-order valence-corrected chi connectivity index (χ3v) is 17.5. The van der Waals surface area contributed by atoms with Gasteiger partial charge in [-0.25, -0.2) is 19.9 Å². The summed E-state index contributed by atoms with van der Waals surface area (Å²) < 4.78 is 13.6. The molecule has 0 bridgehead atoms. The number of hydrogen-bond acceptors (Lipinski definition) is 6. The molecule has 18 aromatic rings. The van der Waals surface area contributed by atoms with Crippen molar-refractivity contribution in [3.63, 3.8) is 0 Å². The standard InChI is InChI=1S/C38H23N3O.C38H23N3S/c2*1-2-11-24(12-3-1)37-29-17-4-7-18-32(29)39-38(40-37)25-13-10-14-26(21-25)41-33-19-8-5-15-27(33)30-23-36-31(22-34(30)41)28-16-6-9-20-35(28)42-36/h2*1-23H. The molecule has 0 amide bonds. The van der Waals surface area contributed by atoms with Crippen LogP contribution in [0.2, 0.25) is 0 Å². The Hall–Kier alpha value is -11.1. The maximum Gasteiger partial charge on any atom is 0.160 e. The molecule has 84 heavy (non-hydrogen) atoms. The number of para-hydroxylation sites is 5. The van der Waals surface area contributed by atoms with Gasteiger partial charge in [0.05, 0.1) is 44.5 Å². The van der Waals surface area contributed by atoms with E-state index in [-0.39, 0.29) is 0 Å². The molecule has 18 rings (SSSR count). The average molecular weight is 1090 g/mol. The topological polar surface area (TPSA) is 74.6 Å². The number of aromatic nitrogens is 6. The average Bonchev–Trinajstić information content (AvgIpc) is 2.76. The molecular formula is C76H46N6OS. The lowest BCUT2D eigenvalue weighted by atomic mass is 10.1. The first-order valence-electron chi connectivity index (χ1n) is 28.2. The van der Waals surface area contributed by atoms with Gasteiger partial charge in [0.15, 0.2) is 11.6 Å². The maximum absolute atomic E-state index is 6.26. The van der Waals surface area contributed by atoms with Gasteiger partial charge in [0.25, 0.3) is 0 Å². The molecular weight excluding hydrogens is 1040 g/mol. The molecule has 0 spiro atoms. The van der Waals surface area contributed by atoms with Gasteiger partial charge in [-0.3, -0.25) is 0 Å². The largest absolute Gasteiger partial charge is 0.456 e. The first kappa shape index (κ1) is 47.7. The minimum Gasteiger partial charge on any atom is -0.456 e. The summed E-state index contributed by atoms with van der Waals surface area (Å²) in [6, 6.07) is 97.8. The van der Waals surface area contributed by atoms with Crippen molar-refractivity contribution in [2.45, 2.75) is 0 Å². The van der Waals surface area contributed by atoms with Gasteiger partial charge >= 0.3 is 0 Å². The van der Waals surface area contributed by atoms with Crippen LogP contribution in [0.15, 0.2) is 283 Å². The van der Waals surface area contributed by atoms with Crippen molar-refractivity contribution in [3.05, 3.63) is 279 Å². The predicted molar refractivity (Wildman–Crippen MR) is 350 cm³/mol. The fourth-order valence-electron chi connectivity index (χ4n) is 12.5. The molecule has 0 aliphatic rings. The van der Waals surface area contributed by atoms with Crippen molar-refractivity contribution in [2.75, 3.05) is 0 Å². The molecule has 6 heterocycles. The van der Waals surface area contributed by atoms with Crippen LogP contribution in [0.4, 0.5) is 0 Å². The molecule has 0 aliphatic heterocycles. The van der Waals surface area contributed by atoms with Gasteiger partial charge in [0.2, 0.25) is 0 Å². The third-order valence-electron chi connectivity index (χ3n) is 16.4. The number of thiophene rings is 1. The number of benzene rings is 12. The van der Waals surface area contributed by atoms with E-state index >= 15 is 0 Å². The van der Waals surface area contributed by atoms with Crippen molar-refractivity contribution in [1.29, 1.82) is 0 Å². The normalized spacial score (nSPS) is 11.8. The zero-order valence-corrected chi connectivity index (χ0v) is 45.9. The molecule has 0 saturated carbocycles. The van der Waals surface area contributed by atoms with Crippen LogP contribution in [0.25, 0.3) is 164 Å². The second kappa shape index (κ2) is 19.3. The Morgan fingerprint density at radius 1 is 0.262 bits per heavy atom. The Morgan fingerprint density at radius 2 is 0.714 bits per heavy atom. The highest BCUT2D eigenvalue weighted by atomic mass is 32.1. The molecule has 0 radical (unpaired) electrons. The van der Waals surface area contributed by atoms with E-state index in [9.17, 15) is 0 Å². The van der Waals surface area contributed by atoms with E-state index in [2.05, 4.69) is 240 Å². The van der Waals surface area contributed by atoms with Crippen LogP contribution in [0.3, 0.4) is 0 Å².